The molecule has 0 atom stereocenters. The highest BCUT2D eigenvalue weighted by molar-refractivity contribution is 5.94. The molecule has 1 aromatic rings. The third kappa shape index (κ3) is 6.04. The smallest absolute Gasteiger partial charge is 0.122 e. The van der Waals surface area contributed by atoms with Gasteiger partial charge in [0.05, 0.1) is 6.61 Å². The van der Waals surface area contributed by atoms with Crippen LogP contribution in [0.4, 0.5) is 0 Å². The number of hydrogen-bond acceptors (Lipinski definition) is 4. The number of likely N-dealkylation sites (N-methyl/N-ethyl adjacent to an activating group) is 1. The van der Waals surface area contributed by atoms with Crippen LogP contribution >= 0.6 is 0 Å². The molecule has 0 aliphatic rings. The van der Waals surface area contributed by atoms with Gasteiger partial charge in [0, 0.05) is 25.3 Å². The number of nitrogens with zero attached hydrogens (tertiary/aromatic N) is 1. The predicted octanol–water partition coefficient (Wildman–Crippen LogP) is 1.71. The lowest BCUT2D eigenvalue weighted by Gasteiger charge is -2.20. The van der Waals surface area contributed by atoms with Crippen LogP contribution in [0, 0.1) is 5.41 Å². The van der Waals surface area contributed by atoms with E-state index in [1.807, 2.05) is 19.1 Å². The van der Waals surface area contributed by atoms with Crippen molar-refractivity contribution in [2.45, 2.75) is 13.8 Å². The summed E-state index contributed by atoms with van der Waals surface area (Å²) in [6.45, 7) is 9.08. The van der Waals surface area contributed by atoms with Crippen LogP contribution in [0.15, 0.2) is 24.3 Å². The molecule has 1 aromatic carbocycles. The minimum Gasteiger partial charge on any atom is -0.492 e. The van der Waals surface area contributed by atoms with Crippen molar-refractivity contribution in [1.29, 1.82) is 5.41 Å². The molecule has 112 valence electrons. The molecule has 3 N–H and O–H groups in total. The van der Waals surface area contributed by atoms with Crippen LogP contribution in [0.2, 0.25) is 0 Å². The third-order valence-corrected chi connectivity index (χ3v) is 3.04. The number of amidine groups is 1. The van der Waals surface area contributed by atoms with E-state index in [1.54, 1.807) is 12.1 Å². The molecule has 0 unspecified atom stereocenters. The molecule has 0 amide bonds. The Morgan fingerprint density at radius 3 is 2.35 bits per heavy atom. The van der Waals surface area contributed by atoms with Gasteiger partial charge in [-0.3, -0.25) is 10.3 Å². The van der Waals surface area contributed by atoms with Gasteiger partial charge in [-0.25, -0.2) is 0 Å². The van der Waals surface area contributed by atoms with Crippen molar-refractivity contribution in [3.05, 3.63) is 29.8 Å². The zero-order valence-electron chi connectivity index (χ0n) is 12.4. The summed E-state index contributed by atoms with van der Waals surface area (Å²) in [4.78, 5) is 2.29. The van der Waals surface area contributed by atoms with E-state index in [0.717, 1.165) is 38.6 Å². The molecule has 0 heterocycles. The summed E-state index contributed by atoms with van der Waals surface area (Å²) in [5.74, 6) is 0.875. The molecule has 0 aliphatic heterocycles. The van der Waals surface area contributed by atoms with Crippen molar-refractivity contribution in [2.24, 2.45) is 5.73 Å². The highest BCUT2D eigenvalue weighted by atomic mass is 16.5. The van der Waals surface area contributed by atoms with E-state index in [1.165, 1.54) is 0 Å². The molecule has 0 radical (unpaired) electrons. The fraction of sp³-hybridized carbons (Fsp3) is 0.533. The van der Waals surface area contributed by atoms with Crippen LogP contribution < -0.4 is 10.5 Å². The van der Waals surface area contributed by atoms with Crippen molar-refractivity contribution in [3.63, 3.8) is 0 Å². The normalized spacial score (nSPS) is 10.8. The van der Waals surface area contributed by atoms with E-state index in [4.69, 9.17) is 20.6 Å². The van der Waals surface area contributed by atoms with Crippen molar-refractivity contribution < 1.29 is 9.47 Å². The number of hydrogen-bond donors (Lipinski definition) is 2. The summed E-state index contributed by atoms with van der Waals surface area (Å²) in [5.41, 5.74) is 6.12. The maximum absolute atomic E-state index is 7.32. The number of ether oxygens (including phenoxy) is 2. The van der Waals surface area contributed by atoms with Gasteiger partial charge >= 0.3 is 0 Å². The average molecular weight is 279 g/mol. The summed E-state index contributed by atoms with van der Waals surface area (Å²) >= 11 is 0. The first kappa shape index (κ1) is 16.5. The Hall–Kier alpha value is -1.59. The lowest BCUT2D eigenvalue weighted by Crippen LogP contribution is -2.31. The predicted molar refractivity (Wildman–Crippen MR) is 81.6 cm³/mol. The van der Waals surface area contributed by atoms with Crippen LogP contribution in [-0.4, -0.2) is 50.2 Å². The summed E-state index contributed by atoms with van der Waals surface area (Å²) in [5, 5.41) is 7.32. The van der Waals surface area contributed by atoms with Crippen molar-refractivity contribution in [1.82, 2.24) is 4.90 Å². The van der Waals surface area contributed by atoms with Crippen molar-refractivity contribution in [2.75, 3.05) is 39.5 Å². The van der Waals surface area contributed by atoms with Crippen LogP contribution in [0.1, 0.15) is 19.4 Å². The van der Waals surface area contributed by atoms with Crippen LogP contribution in [-0.2, 0) is 4.74 Å². The Balaban J connectivity index is 2.29. The second-order valence-electron chi connectivity index (χ2n) is 4.42. The quantitative estimate of drug-likeness (QED) is 0.388. The Morgan fingerprint density at radius 2 is 1.80 bits per heavy atom. The fourth-order valence-electron chi connectivity index (χ4n) is 1.79. The molecule has 5 nitrogen and oxygen atoms in total. The highest BCUT2D eigenvalue weighted by Gasteiger charge is 2.03. The van der Waals surface area contributed by atoms with Gasteiger partial charge in [0.25, 0.3) is 0 Å². The first-order valence-electron chi connectivity index (χ1n) is 7.04. The van der Waals surface area contributed by atoms with E-state index in [-0.39, 0.29) is 5.84 Å². The number of nitrogens with one attached hydrogen (secondary N) is 1. The first-order chi connectivity index (χ1) is 9.67. The van der Waals surface area contributed by atoms with E-state index in [9.17, 15) is 0 Å². The molecule has 0 bridgehead atoms. The van der Waals surface area contributed by atoms with E-state index >= 15 is 0 Å². The van der Waals surface area contributed by atoms with Gasteiger partial charge in [-0.05, 0) is 37.7 Å². The Morgan fingerprint density at radius 1 is 1.15 bits per heavy atom. The van der Waals surface area contributed by atoms with Crippen molar-refractivity contribution in [3.8, 4) is 5.75 Å². The molecule has 1 rings (SSSR count). The average Bonchev–Trinajstić information content (AvgIpc) is 2.46. The highest BCUT2D eigenvalue weighted by Crippen LogP contribution is 2.11. The van der Waals surface area contributed by atoms with Gasteiger partial charge in [-0.15, -0.1) is 0 Å². The number of nitrogens with two attached hydrogens (primary N) is 1. The zero-order valence-corrected chi connectivity index (χ0v) is 12.4. The van der Waals surface area contributed by atoms with Crippen molar-refractivity contribution >= 4 is 5.84 Å². The second-order valence-corrected chi connectivity index (χ2v) is 4.42. The van der Waals surface area contributed by atoms with Gasteiger partial charge in [-0.2, -0.15) is 0 Å². The lowest BCUT2D eigenvalue weighted by molar-refractivity contribution is 0.108. The van der Waals surface area contributed by atoms with E-state index < -0.39 is 0 Å². The summed E-state index contributed by atoms with van der Waals surface area (Å²) in [6.07, 6.45) is 0. The number of nitrogen functional groups attached to an aromatic ring is 1. The molecule has 0 aliphatic carbocycles. The van der Waals surface area contributed by atoms with Crippen LogP contribution in [0.5, 0.6) is 5.75 Å². The molecular weight excluding hydrogens is 254 g/mol. The maximum atomic E-state index is 7.32. The SMILES string of the molecule is CCOCCN(CC)CCOc1ccc(C(=N)N)cc1. The minimum absolute atomic E-state index is 0.0737. The minimum atomic E-state index is 0.0737. The molecule has 0 fully saturated rings. The summed E-state index contributed by atoms with van der Waals surface area (Å²) in [7, 11) is 0. The standard InChI is InChI=1S/C15H25N3O2/c1-3-18(9-11-19-4-2)10-12-20-14-7-5-13(6-8-14)15(16)17/h5-8H,3-4,9-12H2,1-2H3,(H3,16,17). The summed E-state index contributed by atoms with van der Waals surface area (Å²) < 4.78 is 11.0. The number of rotatable bonds is 10. The van der Waals surface area contributed by atoms with Gasteiger partial charge in [0.2, 0.25) is 0 Å². The zero-order chi connectivity index (χ0) is 14.8. The molecular formula is C15H25N3O2. The Kier molecular flexibility index (Phi) is 7.69. The molecule has 20 heavy (non-hydrogen) atoms. The number of benzene rings is 1. The van der Waals surface area contributed by atoms with Gasteiger partial charge in [0.1, 0.15) is 18.2 Å². The van der Waals surface area contributed by atoms with Crippen LogP contribution in [0.25, 0.3) is 0 Å². The molecule has 0 saturated heterocycles. The fourth-order valence-corrected chi connectivity index (χ4v) is 1.79. The van der Waals surface area contributed by atoms with Crippen LogP contribution in [0.3, 0.4) is 0 Å². The maximum Gasteiger partial charge on any atom is 0.122 e. The lowest BCUT2D eigenvalue weighted by atomic mass is 10.2. The molecule has 0 aromatic heterocycles. The first-order valence-corrected chi connectivity index (χ1v) is 7.04. The van der Waals surface area contributed by atoms with Gasteiger partial charge < -0.3 is 15.2 Å². The summed E-state index contributed by atoms with van der Waals surface area (Å²) in [6, 6.07) is 7.27. The van der Waals surface area contributed by atoms with E-state index in [2.05, 4.69) is 11.8 Å². The molecule has 0 spiro atoms. The van der Waals surface area contributed by atoms with Gasteiger partial charge in [0.15, 0.2) is 0 Å². The monoisotopic (exact) mass is 279 g/mol. The topological polar surface area (TPSA) is 71.6 Å². The third-order valence-electron chi connectivity index (χ3n) is 3.04. The molecule has 0 saturated carbocycles. The Bertz CT molecular complexity index is 393. The van der Waals surface area contributed by atoms with E-state index in [0.29, 0.717) is 12.2 Å². The second kappa shape index (κ2) is 9.34. The largest absolute Gasteiger partial charge is 0.492 e. The Labute approximate surface area is 121 Å². The molecule has 5 heteroatoms. The van der Waals surface area contributed by atoms with Gasteiger partial charge in [-0.1, -0.05) is 6.92 Å².